The number of fused-ring (bicyclic) bond motifs is 1. The predicted molar refractivity (Wildman–Crippen MR) is 72.7 cm³/mol. The molecule has 1 saturated heterocycles. The SMILES string of the molecule is CC1(C)Oc2ccc(C(O)CN3C(=O)CCC3=O)cc2O1. The minimum absolute atomic E-state index is 0.0271. The fourth-order valence-corrected chi connectivity index (χ4v) is 2.55. The zero-order valence-corrected chi connectivity index (χ0v) is 12.0. The van der Waals surface area contributed by atoms with Crippen LogP contribution in [0.1, 0.15) is 38.4 Å². The van der Waals surface area contributed by atoms with Gasteiger partial charge in [-0.2, -0.15) is 0 Å². The second kappa shape index (κ2) is 4.73. The molecule has 1 unspecified atom stereocenters. The number of hydrogen-bond acceptors (Lipinski definition) is 5. The quantitative estimate of drug-likeness (QED) is 0.851. The molecule has 0 spiro atoms. The Bertz CT molecular complexity index is 594. The van der Waals surface area contributed by atoms with E-state index >= 15 is 0 Å². The smallest absolute Gasteiger partial charge is 0.246 e. The Kier molecular flexibility index (Phi) is 3.13. The van der Waals surface area contributed by atoms with Crippen molar-refractivity contribution in [1.29, 1.82) is 0 Å². The van der Waals surface area contributed by atoms with E-state index in [0.29, 0.717) is 17.1 Å². The average Bonchev–Trinajstić information content (AvgIpc) is 2.89. The van der Waals surface area contributed by atoms with E-state index in [1.807, 2.05) is 0 Å². The number of aliphatic hydroxyl groups excluding tert-OH is 1. The highest BCUT2D eigenvalue weighted by molar-refractivity contribution is 6.01. The van der Waals surface area contributed by atoms with Crippen molar-refractivity contribution < 1.29 is 24.2 Å². The zero-order chi connectivity index (χ0) is 15.2. The lowest BCUT2D eigenvalue weighted by Crippen LogP contribution is -2.33. The second-order valence-electron chi connectivity index (χ2n) is 5.72. The van der Waals surface area contributed by atoms with Crippen LogP contribution in [-0.2, 0) is 9.59 Å². The van der Waals surface area contributed by atoms with E-state index in [-0.39, 0.29) is 31.2 Å². The summed E-state index contributed by atoms with van der Waals surface area (Å²) in [6, 6.07) is 5.11. The molecule has 1 fully saturated rings. The summed E-state index contributed by atoms with van der Waals surface area (Å²) in [7, 11) is 0. The third kappa shape index (κ3) is 2.58. The molecule has 1 atom stereocenters. The molecule has 0 radical (unpaired) electrons. The molecule has 1 aromatic rings. The number of likely N-dealkylation sites (tertiary alicyclic amines) is 1. The number of β-amino-alcohol motifs (C(OH)–C–C–N with tert-alkyl or cyclic N) is 1. The van der Waals surface area contributed by atoms with Gasteiger partial charge in [-0.15, -0.1) is 0 Å². The summed E-state index contributed by atoms with van der Waals surface area (Å²) in [5.41, 5.74) is 0.586. The van der Waals surface area contributed by atoms with Gasteiger partial charge in [0.1, 0.15) is 0 Å². The largest absolute Gasteiger partial charge is 0.449 e. The lowest BCUT2D eigenvalue weighted by Gasteiger charge is -2.19. The van der Waals surface area contributed by atoms with Crippen molar-refractivity contribution in [3.05, 3.63) is 23.8 Å². The number of hydrogen-bond donors (Lipinski definition) is 1. The molecule has 112 valence electrons. The standard InChI is InChI=1S/C15H17NO5/c1-15(2)20-11-4-3-9(7-12(11)21-15)10(17)8-16-13(18)5-6-14(16)19/h3-4,7,10,17H,5-6,8H2,1-2H3. The number of imide groups is 1. The molecule has 21 heavy (non-hydrogen) atoms. The molecular formula is C15H17NO5. The molecule has 0 aromatic heterocycles. The van der Waals surface area contributed by atoms with E-state index in [0.717, 1.165) is 4.90 Å². The number of carbonyl (C=O) groups is 2. The summed E-state index contributed by atoms with van der Waals surface area (Å²) >= 11 is 0. The third-order valence-electron chi connectivity index (χ3n) is 3.57. The van der Waals surface area contributed by atoms with Gasteiger partial charge >= 0.3 is 0 Å². The Labute approximate surface area is 122 Å². The van der Waals surface area contributed by atoms with E-state index in [4.69, 9.17) is 9.47 Å². The van der Waals surface area contributed by atoms with Gasteiger partial charge in [0.05, 0.1) is 12.6 Å². The molecule has 6 heteroatoms. The molecule has 2 aliphatic rings. The van der Waals surface area contributed by atoms with Crippen molar-refractivity contribution in [3.8, 4) is 11.5 Å². The number of rotatable bonds is 3. The molecule has 1 N–H and O–H groups in total. The van der Waals surface area contributed by atoms with E-state index in [1.54, 1.807) is 32.0 Å². The van der Waals surface area contributed by atoms with Crippen molar-refractivity contribution in [2.24, 2.45) is 0 Å². The van der Waals surface area contributed by atoms with Crippen LogP contribution in [-0.4, -0.2) is 34.2 Å². The maximum absolute atomic E-state index is 11.6. The molecule has 0 aliphatic carbocycles. The topological polar surface area (TPSA) is 76.1 Å². The molecule has 2 heterocycles. The fraction of sp³-hybridized carbons (Fsp3) is 0.467. The number of amides is 2. The first kappa shape index (κ1) is 13.9. The average molecular weight is 291 g/mol. The van der Waals surface area contributed by atoms with Gasteiger partial charge in [-0.3, -0.25) is 14.5 Å². The summed E-state index contributed by atoms with van der Waals surface area (Å²) in [4.78, 5) is 24.3. The van der Waals surface area contributed by atoms with Crippen LogP contribution in [0.5, 0.6) is 11.5 Å². The van der Waals surface area contributed by atoms with Crippen LogP contribution in [0.25, 0.3) is 0 Å². The molecule has 2 amide bonds. The van der Waals surface area contributed by atoms with Crippen LogP contribution >= 0.6 is 0 Å². The normalized spacial score (nSPS) is 21.0. The minimum atomic E-state index is -0.936. The van der Waals surface area contributed by atoms with Gasteiger partial charge in [-0.05, 0) is 17.7 Å². The van der Waals surface area contributed by atoms with E-state index in [1.165, 1.54) is 0 Å². The van der Waals surface area contributed by atoms with E-state index < -0.39 is 11.9 Å². The highest BCUT2D eigenvalue weighted by Gasteiger charge is 2.33. The number of ether oxygens (including phenoxy) is 2. The molecular weight excluding hydrogens is 274 g/mol. The van der Waals surface area contributed by atoms with Crippen molar-refractivity contribution in [2.75, 3.05) is 6.54 Å². The van der Waals surface area contributed by atoms with E-state index in [2.05, 4.69) is 0 Å². The highest BCUT2D eigenvalue weighted by Crippen LogP contribution is 2.40. The van der Waals surface area contributed by atoms with Gasteiger partial charge in [0.15, 0.2) is 11.5 Å². The Balaban J connectivity index is 1.76. The molecule has 0 saturated carbocycles. The predicted octanol–water partition coefficient (Wildman–Crippen LogP) is 1.38. The van der Waals surface area contributed by atoms with Gasteiger partial charge in [-0.1, -0.05) is 6.07 Å². The van der Waals surface area contributed by atoms with Crippen molar-refractivity contribution in [3.63, 3.8) is 0 Å². The lowest BCUT2D eigenvalue weighted by molar-refractivity contribution is -0.140. The van der Waals surface area contributed by atoms with Crippen molar-refractivity contribution >= 4 is 11.8 Å². The minimum Gasteiger partial charge on any atom is -0.449 e. The van der Waals surface area contributed by atoms with Crippen LogP contribution in [0.4, 0.5) is 0 Å². The van der Waals surface area contributed by atoms with Crippen LogP contribution in [0.2, 0.25) is 0 Å². The highest BCUT2D eigenvalue weighted by atomic mass is 16.7. The molecule has 2 aliphatic heterocycles. The summed E-state index contributed by atoms with van der Waals surface area (Å²) < 4.78 is 11.2. The first-order chi connectivity index (χ1) is 9.85. The zero-order valence-electron chi connectivity index (χ0n) is 12.0. The van der Waals surface area contributed by atoms with E-state index in [9.17, 15) is 14.7 Å². The Morgan fingerprint density at radius 2 is 1.81 bits per heavy atom. The monoisotopic (exact) mass is 291 g/mol. The fourth-order valence-electron chi connectivity index (χ4n) is 2.55. The summed E-state index contributed by atoms with van der Waals surface area (Å²) in [6.45, 7) is 3.57. The number of aliphatic hydroxyl groups is 1. The molecule has 3 rings (SSSR count). The third-order valence-corrected chi connectivity index (χ3v) is 3.57. The Morgan fingerprint density at radius 1 is 1.19 bits per heavy atom. The molecule has 1 aromatic carbocycles. The second-order valence-corrected chi connectivity index (χ2v) is 5.72. The molecule has 6 nitrogen and oxygen atoms in total. The number of nitrogens with zero attached hydrogens (tertiary/aromatic N) is 1. The summed E-state index contributed by atoms with van der Waals surface area (Å²) in [5.74, 6) is -0.0333. The number of carbonyl (C=O) groups excluding carboxylic acids is 2. The first-order valence-electron chi connectivity index (χ1n) is 6.89. The van der Waals surface area contributed by atoms with Crippen molar-refractivity contribution in [2.45, 2.75) is 38.6 Å². The summed E-state index contributed by atoms with van der Waals surface area (Å²) in [6.07, 6.45) is -0.490. The van der Waals surface area contributed by atoms with Crippen LogP contribution in [0.3, 0.4) is 0 Å². The van der Waals surface area contributed by atoms with Gasteiger partial charge < -0.3 is 14.6 Å². The van der Waals surface area contributed by atoms with Gasteiger partial charge in [-0.25, -0.2) is 0 Å². The summed E-state index contributed by atoms with van der Waals surface area (Å²) in [5, 5.41) is 10.2. The van der Waals surface area contributed by atoms with Gasteiger partial charge in [0.2, 0.25) is 17.6 Å². The molecule has 0 bridgehead atoms. The maximum Gasteiger partial charge on any atom is 0.246 e. The van der Waals surface area contributed by atoms with Gasteiger partial charge in [0, 0.05) is 26.7 Å². The van der Waals surface area contributed by atoms with Crippen molar-refractivity contribution in [1.82, 2.24) is 4.90 Å². The lowest BCUT2D eigenvalue weighted by atomic mass is 10.1. The Morgan fingerprint density at radius 3 is 2.48 bits per heavy atom. The number of benzene rings is 1. The van der Waals surface area contributed by atoms with Crippen LogP contribution in [0.15, 0.2) is 18.2 Å². The maximum atomic E-state index is 11.6. The van der Waals surface area contributed by atoms with Crippen LogP contribution in [0, 0.1) is 0 Å². The Hall–Kier alpha value is -2.08. The van der Waals surface area contributed by atoms with Gasteiger partial charge in [0.25, 0.3) is 0 Å². The van der Waals surface area contributed by atoms with Crippen LogP contribution < -0.4 is 9.47 Å². The first-order valence-corrected chi connectivity index (χ1v) is 6.89.